The number of rotatable bonds is 6. The molecular formula is C29H26F7NO2. The topological polar surface area (TPSA) is 21.7 Å². The average Bonchev–Trinajstić information content (AvgIpc) is 3.29. The molecule has 4 atom stereocenters. The molecule has 2 aliphatic heterocycles. The first-order chi connectivity index (χ1) is 18.5. The third-order valence-corrected chi connectivity index (χ3v) is 7.36. The fourth-order valence-electron chi connectivity index (χ4n) is 5.59. The van der Waals surface area contributed by atoms with Crippen molar-refractivity contribution in [3.63, 3.8) is 0 Å². The van der Waals surface area contributed by atoms with Crippen LogP contribution in [-0.4, -0.2) is 30.9 Å². The van der Waals surface area contributed by atoms with Crippen molar-refractivity contribution in [3.05, 3.63) is 106 Å². The van der Waals surface area contributed by atoms with Crippen molar-refractivity contribution in [2.75, 3.05) is 19.7 Å². The van der Waals surface area contributed by atoms with Crippen LogP contribution in [-0.2, 0) is 35.0 Å². The first kappa shape index (κ1) is 27.6. The molecule has 0 amide bonds. The molecule has 3 nitrogen and oxygen atoms in total. The lowest BCUT2D eigenvalue weighted by Gasteiger charge is -2.39. The van der Waals surface area contributed by atoms with Crippen LogP contribution in [0.25, 0.3) is 0 Å². The van der Waals surface area contributed by atoms with Gasteiger partial charge in [0, 0.05) is 25.6 Å². The van der Waals surface area contributed by atoms with E-state index in [2.05, 4.69) is 4.90 Å². The monoisotopic (exact) mass is 553 g/mol. The van der Waals surface area contributed by atoms with Crippen molar-refractivity contribution in [3.8, 4) is 0 Å². The van der Waals surface area contributed by atoms with Crippen molar-refractivity contribution >= 4 is 0 Å². The number of fused-ring (bicyclic) bond motifs is 1. The van der Waals surface area contributed by atoms with E-state index in [9.17, 15) is 30.7 Å². The molecule has 2 saturated heterocycles. The summed E-state index contributed by atoms with van der Waals surface area (Å²) in [4.78, 5) is 2.29. The minimum Gasteiger partial charge on any atom is -0.352 e. The van der Waals surface area contributed by atoms with E-state index >= 15 is 0 Å². The minimum atomic E-state index is -4.95. The Bertz CT molecular complexity index is 1230. The van der Waals surface area contributed by atoms with Gasteiger partial charge in [-0.2, -0.15) is 26.3 Å². The van der Waals surface area contributed by atoms with E-state index in [4.69, 9.17) is 9.47 Å². The van der Waals surface area contributed by atoms with Crippen LogP contribution in [0.1, 0.15) is 33.7 Å². The maximum Gasteiger partial charge on any atom is 0.416 e. The standard InChI is InChI=1S/C29H26F7NO2/c30-24-8-6-20(7-9-24)26-25-15-37(13-18-4-2-1-3-5-18)14-21(25)17-39-27(26)38-16-19-10-22(28(31,32)33)12-23(11-19)29(34,35)36/h1-12,21,25-27H,13-17H2/t21-,25+,26?,27?/m0/s1. The highest BCUT2D eigenvalue weighted by Crippen LogP contribution is 2.44. The van der Waals surface area contributed by atoms with Gasteiger partial charge in [0.2, 0.25) is 0 Å². The van der Waals surface area contributed by atoms with Gasteiger partial charge in [-0.25, -0.2) is 4.39 Å². The van der Waals surface area contributed by atoms with Crippen LogP contribution in [0, 0.1) is 17.7 Å². The summed E-state index contributed by atoms with van der Waals surface area (Å²) in [5.74, 6) is -0.651. The Morgan fingerprint density at radius 3 is 2.05 bits per heavy atom. The summed E-state index contributed by atoms with van der Waals surface area (Å²) >= 11 is 0. The maximum atomic E-state index is 13.7. The molecular weight excluding hydrogens is 527 g/mol. The van der Waals surface area contributed by atoms with Crippen molar-refractivity contribution in [2.45, 2.75) is 37.7 Å². The normalized spacial score (nSPS) is 24.1. The third-order valence-electron chi connectivity index (χ3n) is 7.36. The number of ether oxygens (including phenoxy) is 2. The molecule has 5 rings (SSSR count). The van der Waals surface area contributed by atoms with E-state index in [-0.39, 0.29) is 23.5 Å². The van der Waals surface area contributed by atoms with E-state index < -0.39 is 48.1 Å². The Hall–Kier alpha value is -2.95. The van der Waals surface area contributed by atoms with E-state index in [1.807, 2.05) is 30.3 Å². The van der Waals surface area contributed by atoms with Gasteiger partial charge in [-0.3, -0.25) is 4.90 Å². The van der Waals surface area contributed by atoms with Gasteiger partial charge < -0.3 is 9.47 Å². The number of likely N-dealkylation sites (tertiary alicyclic amines) is 1. The molecule has 0 radical (unpaired) electrons. The van der Waals surface area contributed by atoms with E-state index in [1.165, 1.54) is 12.1 Å². The Morgan fingerprint density at radius 2 is 1.44 bits per heavy atom. The smallest absolute Gasteiger partial charge is 0.352 e. The second-order valence-electron chi connectivity index (χ2n) is 10.1. The molecule has 0 aromatic heterocycles. The Kier molecular flexibility index (Phi) is 7.72. The molecule has 39 heavy (non-hydrogen) atoms. The van der Waals surface area contributed by atoms with Gasteiger partial charge in [0.15, 0.2) is 6.29 Å². The van der Waals surface area contributed by atoms with Crippen molar-refractivity contribution in [2.24, 2.45) is 11.8 Å². The molecule has 0 N–H and O–H groups in total. The summed E-state index contributed by atoms with van der Waals surface area (Å²) in [5, 5.41) is 0. The zero-order chi connectivity index (χ0) is 27.8. The molecule has 2 heterocycles. The van der Waals surface area contributed by atoms with Gasteiger partial charge in [0.25, 0.3) is 0 Å². The lowest BCUT2D eigenvalue weighted by Crippen LogP contribution is -2.41. The van der Waals surface area contributed by atoms with Crippen LogP contribution in [0.2, 0.25) is 0 Å². The Balaban J connectivity index is 1.38. The summed E-state index contributed by atoms with van der Waals surface area (Å²) in [6.07, 6.45) is -10.8. The van der Waals surface area contributed by atoms with Crippen molar-refractivity contribution in [1.82, 2.24) is 4.90 Å². The molecule has 0 bridgehead atoms. The molecule has 2 unspecified atom stereocenters. The van der Waals surface area contributed by atoms with Crippen LogP contribution in [0.3, 0.4) is 0 Å². The van der Waals surface area contributed by atoms with E-state index in [0.717, 1.165) is 24.2 Å². The first-order valence-electron chi connectivity index (χ1n) is 12.5. The summed E-state index contributed by atoms with van der Waals surface area (Å²) < 4.78 is 106. The first-order valence-corrected chi connectivity index (χ1v) is 12.5. The molecule has 2 aliphatic rings. The Morgan fingerprint density at radius 1 is 0.795 bits per heavy atom. The highest BCUT2D eigenvalue weighted by atomic mass is 19.4. The fourth-order valence-corrected chi connectivity index (χ4v) is 5.59. The van der Waals surface area contributed by atoms with Crippen LogP contribution < -0.4 is 0 Å². The lowest BCUT2D eigenvalue weighted by molar-refractivity contribution is -0.203. The van der Waals surface area contributed by atoms with Crippen molar-refractivity contribution < 1.29 is 40.2 Å². The number of alkyl halides is 6. The van der Waals surface area contributed by atoms with Crippen LogP contribution >= 0.6 is 0 Å². The predicted octanol–water partition coefficient (Wildman–Crippen LogP) is 7.27. The van der Waals surface area contributed by atoms with Crippen LogP contribution in [0.5, 0.6) is 0 Å². The number of benzene rings is 3. The molecule has 0 aliphatic carbocycles. The SMILES string of the molecule is Fc1ccc(C2C(OCc3cc(C(F)(F)F)cc(C(F)(F)F)c3)OC[C@@H]3CN(Cc4ccccc4)C[C@@H]23)cc1. The summed E-state index contributed by atoms with van der Waals surface area (Å²) in [5.41, 5.74) is -1.19. The number of hydrogen-bond donors (Lipinski definition) is 0. The van der Waals surface area contributed by atoms with Crippen LogP contribution in [0.15, 0.2) is 72.8 Å². The lowest BCUT2D eigenvalue weighted by atomic mass is 9.77. The average molecular weight is 554 g/mol. The molecule has 208 valence electrons. The fraction of sp³-hybridized carbons (Fsp3) is 0.379. The van der Waals surface area contributed by atoms with Crippen LogP contribution in [0.4, 0.5) is 30.7 Å². The molecule has 0 saturated carbocycles. The molecule has 3 aromatic rings. The van der Waals surface area contributed by atoms with Gasteiger partial charge in [0.05, 0.1) is 24.3 Å². The van der Waals surface area contributed by atoms with Crippen molar-refractivity contribution in [1.29, 1.82) is 0 Å². The van der Waals surface area contributed by atoms with Gasteiger partial charge in [-0.15, -0.1) is 0 Å². The second-order valence-corrected chi connectivity index (χ2v) is 10.1. The van der Waals surface area contributed by atoms with E-state index in [1.54, 1.807) is 12.1 Å². The second kappa shape index (κ2) is 10.9. The largest absolute Gasteiger partial charge is 0.416 e. The summed E-state index contributed by atoms with van der Waals surface area (Å²) in [7, 11) is 0. The molecule has 0 spiro atoms. The third kappa shape index (κ3) is 6.45. The van der Waals surface area contributed by atoms with E-state index in [0.29, 0.717) is 25.3 Å². The number of nitrogens with zero attached hydrogens (tertiary/aromatic N) is 1. The highest BCUT2D eigenvalue weighted by Gasteiger charge is 2.46. The summed E-state index contributed by atoms with van der Waals surface area (Å²) in [6, 6.07) is 17.2. The summed E-state index contributed by atoms with van der Waals surface area (Å²) in [6.45, 7) is 1.98. The van der Waals surface area contributed by atoms with Gasteiger partial charge in [-0.1, -0.05) is 42.5 Å². The zero-order valence-corrected chi connectivity index (χ0v) is 20.7. The molecule has 3 aromatic carbocycles. The minimum absolute atomic E-state index is 0.0326. The van der Waals surface area contributed by atoms with Gasteiger partial charge >= 0.3 is 12.4 Å². The zero-order valence-electron chi connectivity index (χ0n) is 20.7. The highest BCUT2D eigenvalue weighted by molar-refractivity contribution is 5.33. The van der Waals surface area contributed by atoms with Gasteiger partial charge in [0.1, 0.15) is 5.82 Å². The molecule has 2 fully saturated rings. The number of halogens is 7. The molecule has 10 heteroatoms. The quantitative estimate of drug-likeness (QED) is 0.300. The Labute approximate surface area is 221 Å². The number of hydrogen-bond acceptors (Lipinski definition) is 3. The maximum absolute atomic E-state index is 13.7. The van der Waals surface area contributed by atoms with Gasteiger partial charge in [-0.05, 0) is 58.9 Å². The predicted molar refractivity (Wildman–Crippen MR) is 129 cm³/mol.